The molecular weight excluding hydrogens is 465 g/mol. The Hall–Kier alpha value is -3.26. The van der Waals surface area contributed by atoms with Crippen LogP contribution in [0.4, 0.5) is 13.2 Å². The Labute approximate surface area is 209 Å². The van der Waals surface area contributed by atoms with Gasteiger partial charge in [-0.1, -0.05) is 55.0 Å². The van der Waals surface area contributed by atoms with E-state index >= 15 is 0 Å². The number of halogens is 3. The predicted octanol–water partition coefficient (Wildman–Crippen LogP) is 5.06. The highest BCUT2D eigenvalue weighted by Crippen LogP contribution is 2.32. The summed E-state index contributed by atoms with van der Waals surface area (Å²) in [6, 6.07) is 15.8. The zero-order valence-corrected chi connectivity index (χ0v) is 20.4. The van der Waals surface area contributed by atoms with Crippen molar-refractivity contribution >= 4 is 5.91 Å². The quantitative estimate of drug-likeness (QED) is 0.473. The SMILES string of the molecule is CN1CCCCC1c1ccc(Cc2ncc(C(F)(F)F)c(CCc3ccccc3CC(N)=O)n2)cc1. The second kappa shape index (κ2) is 11.2. The van der Waals surface area contributed by atoms with E-state index < -0.39 is 17.6 Å². The maximum atomic E-state index is 13.7. The van der Waals surface area contributed by atoms with Crippen LogP contribution in [0.3, 0.4) is 0 Å². The van der Waals surface area contributed by atoms with Crippen LogP contribution in [-0.4, -0.2) is 34.4 Å². The van der Waals surface area contributed by atoms with E-state index in [1.54, 1.807) is 24.3 Å². The van der Waals surface area contributed by atoms with Crippen LogP contribution in [0, 0.1) is 0 Å². The van der Waals surface area contributed by atoms with Crippen molar-refractivity contribution in [3.63, 3.8) is 0 Å². The molecular formula is C28H31F3N4O. The first kappa shape index (κ1) is 25.8. The highest BCUT2D eigenvalue weighted by Gasteiger charge is 2.34. The van der Waals surface area contributed by atoms with Gasteiger partial charge in [0.05, 0.1) is 17.7 Å². The third-order valence-corrected chi connectivity index (χ3v) is 6.83. The van der Waals surface area contributed by atoms with Gasteiger partial charge in [0, 0.05) is 18.7 Å². The number of carbonyl (C=O) groups is 1. The van der Waals surface area contributed by atoms with Crippen LogP contribution in [0.5, 0.6) is 0 Å². The number of nitrogens with zero attached hydrogens (tertiary/aromatic N) is 3. The highest BCUT2D eigenvalue weighted by molar-refractivity contribution is 5.77. The third kappa shape index (κ3) is 6.49. The van der Waals surface area contributed by atoms with Crippen molar-refractivity contribution in [2.45, 2.75) is 57.2 Å². The molecule has 0 radical (unpaired) electrons. The van der Waals surface area contributed by atoms with E-state index in [0.29, 0.717) is 24.7 Å². The van der Waals surface area contributed by atoms with Gasteiger partial charge in [0.1, 0.15) is 5.82 Å². The topological polar surface area (TPSA) is 72.1 Å². The molecule has 0 saturated carbocycles. The number of nitrogens with two attached hydrogens (primary N) is 1. The first-order valence-electron chi connectivity index (χ1n) is 12.3. The van der Waals surface area contributed by atoms with Gasteiger partial charge in [0.25, 0.3) is 0 Å². The van der Waals surface area contributed by atoms with Gasteiger partial charge in [0.2, 0.25) is 5.91 Å². The van der Waals surface area contributed by atoms with Gasteiger partial charge in [-0.15, -0.1) is 0 Å². The highest BCUT2D eigenvalue weighted by atomic mass is 19.4. The lowest BCUT2D eigenvalue weighted by atomic mass is 9.95. The third-order valence-electron chi connectivity index (χ3n) is 6.83. The van der Waals surface area contributed by atoms with Crippen LogP contribution in [0.1, 0.15) is 64.6 Å². The van der Waals surface area contributed by atoms with Gasteiger partial charge in [-0.2, -0.15) is 13.2 Å². The number of aryl methyl sites for hydroxylation is 2. The molecule has 2 N–H and O–H groups in total. The van der Waals surface area contributed by atoms with Crippen LogP contribution >= 0.6 is 0 Å². The van der Waals surface area contributed by atoms with E-state index in [-0.39, 0.29) is 18.5 Å². The first-order chi connectivity index (χ1) is 17.2. The molecule has 8 heteroatoms. The molecule has 0 aliphatic carbocycles. The Morgan fingerprint density at radius 2 is 1.78 bits per heavy atom. The molecule has 190 valence electrons. The molecule has 36 heavy (non-hydrogen) atoms. The minimum absolute atomic E-state index is 0.0400. The number of rotatable bonds is 8. The van der Waals surface area contributed by atoms with Crippen molar-refractivity contribution in [3.8, 4) is 0 Å². The molecule has 1 fully saturated rings. The summed E-state index contributed by atoms with van der Waals surface area (Å²) in [6.07, 6.45) is 0.686. The lowest BCUT2D eigenvalue weighted by Gasteiger charge is -2.32. The average Bonchev–Trinajstić information content (AvgIpc) is 2.83. The average molecular weight is 497 g/mol. The summed E-state index contributed by atoms with van der Waals surface area (Å²) in [5.74, 6) is -0.130. The van der Waals surface area contributed by atoms with E-state index in [9.17, 15) is 18.0 Å². The van der Waals surface area contributed by atoms with Crippen molar-refractivity contribution in [1.29, 1.82) is 0 Å². The Kier molecular flexibility index (Phi) is 8.04. The number of aromatic nitrogens is 2. The maximum Gasteiger partial charge on any atom is 0.419 e. The molecule has 3 aromatic rings. The first-order valence-corrected chi connectivity index (χ1v) is 12.3. The van der Waals surface area contributed by atoms with Crippen molar-refractivity contribution in [2.75, 3.05) is 13.6 Å². The van der Waals surface area contributed by atoms with E-state index in [1.807, 2.05) is 12.1 Å². The Balaban J connectivity index is 1.52. The van der Waals surface area contributed by atoms with Crippen LogP contribution in [0.2, 0.25) is 0 Å². The van der Waals surface area contributed by atoms with Gasteiger partial charge in [-0.05, 0) is 61.5 Å². The molecule has 0 spiro atoms. The van der Waals surface area contributed by atoms with Crippen LogP contribution < -0.4 is 5.73 Å². The Bertz CT molecular complexity index is 1190. The number of primary amides is 1. The minimum Gasteiger partial charge on any atom is -0.369 e. The largest absolute Gasteiger partial charge is 0.419 e. The fourth-order valence-electron chi connectivity index (χ4n) is 4.92. The second-order valence-electron chi connectivity index (χ2n) is 9.47. The van der Waals surface area contributed by atoms with Crippen molar-refractivity contribution in [3.05, 3.63) is 94.1 Å². The number of carbonyl (C=O) groups excluding carboxylic acids is 1. The summed E-state index contributed by atoms with van der Waals surface area (Å²) in [5, 5.41) is 0. The molecule has 1 aliphatic heterocycles. The van der Waals surface area contributed by atoms with Crippen molar-refractivity contribution in [2.24, 2.45) is 5.73 Å². The van der Waals surface area contributed by atoms with E-state index in [0.717, 1.165) is 35.9 Å². The van der Waals surface area contributed by atoms with Gasteiger partial charge in [-0.3, -0.25) is 9.69 Å². The summed E-state index contributed by atoms with van der Waals surface area (Å²) >= 11 is 0. The molecule has 1 atom stereocenters. The zero-order valence-electron chi connectivity index (χ0n) is 20.4. The summed E-state index contributed by atoms with van der Waals surface area (Å²) in [6.45, 7) is 1.08. The molecule has 1 aliphatic rings. The van der Waals surface area contributed by atoms with Crippen LogP contribution in [-0.2, 0) is 36.7 Å². The number of hydrogen-bond donors (Lipinski definition) is 1. The second-order valence-corrected chi connectivity index (χ2v) is 9.47. The number of hydrogen-bond acceptors (Lipinski definition) is 4. The summed E-state index contributed by atoms with van der Waals surface area (Å²) in [4.78, 5) is 22.1. The van der Waals surface area contributed by atoms with Gasteiger partial charge < -0.3 is 5.73 Å². The molecule has 1 aromatic heterocycles. The fraction of sp³-hybridized carbons (Fsp3) is 0.393. The Morgan fingerprint density at radius 1 is 1.06 bits per heavy atom. The smallest absolute Gasteiger partial charge is 0.369 e. The number of likely N-dealkylation sites (tertiary alicyclic amines) is 1. The van der Waals surface area contributed by atoms with Crippen molar-refractivity contribution < 1.29 is 18.0 Å². The molecule has 1 saturated heterocycles. The van der Waals surface area contributed by atoms with E-state index in [4.69, 9.17) is 5.73 Å². The number of piperidine rings is 1. The lowest BCUT2D eigenvalue weighted by molar-refractivity contribution is -0.138. The van der Waals surface area contributed by atoms with Gasteiger partial charge >= 0.3 is 6.18 Å². The van der Waals surface area contributed by atoms with Gasteiger partial charge in [0.15, 0.2) is 0 Å². The molecule has 2 aromatic carbocycles. The predicted molar refractivity (Wildman–Crippen MR) is 132 cm³/mol. The van der Waals surface area contributed by atoms with E-state index in [2.05, 4.69) is 34.0 Å². The normalized spacial score (nSPS) is 16.7. The number of alkyl halides is 3. The lowest BCUT2D eigenvalue weighted by Crippen LogP contribution is -2.29. The Morgan fingerprint density at radius 3 is 2.44 bits per heavy atom. The van der Waals surface area contributed by atoms with Crippen molar-refractivity contribution in [1.82, 2.24) is 14.9 Å². The minimum atomic E-state index is -4.55. The summed E-state index contributed by atoms with van der Waals surface area (Å²) in [7, 11) is 2.14. The van der Waals surface area contributed by atoms with Gasteiger partial charge in [-0.25, -0.2) is 9.97 Å². The number of amides is 1. The molecule has 2 heterocycles. The molecule has 4 rings (SSSR count). The molecule has 1 amide bonds. The maximum absolute atomic E-state index is 13.7. The van der Waals surface area contributed by atoms with Crippen LogP contribution in [0.15, 0.2) is 54.7 Å². The monoisotopic (exact) mass is 496 g/mol. The summed E-state index contributed by atoms with van der Waals surface area (Å²) in [5.41, 5.74) is 8.17. The number of benzene rings is 2. The summed E-state index contributed by atoms with van der Waals surface area (Å²) < 4.78 is 41.1. The standard InChI is InChI=1S/C28H31F3N4O/c1-35-15-5-4-8-25(35)21-11-9-19(10-12-21)16-27-33-18-23(28(29,30)31)24(34-27)14-13-20-6-2-3-7-22(20)17-26(32)36/h2-3,6-7,9-12,18,25H,4-5,8,13-17H2,1H3,(H2,32,36). The molecule has 5 nitrogen and oxygen atoms in total. The zero-order chi connectivity index (χ0) is 25.7. The molecule has 0 bridgehead atoms. The fourth-order valence-corrected chi connectivity index (χ4v) is 4.92. The van der Waals surface area contributed by atoms with E-state index in [1.165, 1.54) is 18.4 Å². The van der Waals surface area contributed by atoms with Crippen LogP contribution in [0.25, 0.3) is 0 Å². The molecule has 1 unspecified atom stereocenters.